The fourth-order valence-electron chi connectivity index (χ4n) is 4.71. The molecule has 3 aromatic carbocycles. The fraction of sp³-hybridized carbons (Fsp3) is 0.154. The molecule has 0 amide bonds. The topological polar surface area (TPSA) is 29.0 Å². The summed E-state index contributed by atoms with van der Waals surface area (Å²) in [6.07, 6.45) is 1.84. The molecule has 4 heteroatoms. The Morgan fingerprint density at radius 1 is 0.967 bits per heavy atom. The van der Waals surface area contributed by atoms with Crippen LogP contribution >= 0.6 is 11.3 Å². The quantitative estimate of drug-likeness (QED) is 0.355. The second-order valence-electron chi connectivity index (χ2n) is 8.16. The summed E-state index contributed by atoms with van der Waals surface area (Å²) in [7, 11) is 2.21. The number of aromatic nitrogens is 2. The van der Waals surface area contributed by atoms with E-state index in [4.69, 9.17) is 0 Å². The minimum absolute atomic E-state index is 0.387. The highest BCUT2D eigenvalue weighted by Gasteiger charge is 2.25. The van der Waals surface area contributed by atoms with Crippen molar-refractivity contribution >= 4 is 32.2 Å². The van der Waals surface area contributed by atoms with Gasteiger partial charge in [0, 0.05) is 40.0 Å². The maximum absolute atomic E-state index is 4.49. The predicted molar refractivity (Wildman–Crippen MR) is 125 cm³/mol. The van der Waals surface area contributed by atoms with Crippen LogP contribution in [0.3, 0.4) is 0 Å². The molecule has 1 atom stereocenters. The monoisotopic (exact) mass is 407 g/mol. The van der Waals surface area contributed by atoms with Crippen LogP contribution in [0.1, 0.15) is 22.6 Å². The first-order chi connectivity index (χ1) is 14.8. The molecule has 3 heterocycles. The van der Waals surface area contributed by atoms with Crippen molar-refractivity contribution in [3.8, 4) is 11.3 Å². The van der Waals surface area contributed by atoms with Crippen molar-refractivity contribution in [2.75, 3.05) is 13.6 Å². The average molecular weight is 408 g/mol. The number of thiophene rings is 1. The van der Waals surface area contributed by atoms with Gasteiger partial charge in [0.1, 0.15) is 5.69 Å². The SMILES string of the molecule is CN1Cc2cc(-c3nncc4ccccc34)ccc2C(c2ccc3ccsc3c2)C1. The standard InChI is InChI=1S/C26H21N3S/c1-29-15-21-12-19(26-23-5-3-2-4-20(23)14-27-28-26)8-9-22(21)24(16-29)18-7-6-17-10-11-30-25(17)13-18/h2-14,24H,15-16H2,1H3. The molecule has 0 saturated carbocycles. The molecule has 1 unspecified atom stereocenters. The Morgan fingerprint density at radius 2 is 1.90 bits per heavy atom. The summed E-state index contributed by atoms with van der Waals surface area (Å²) in [6, 6.07) is 24.3. The van der Waals surface area contributed by atoms with Gasteiger partial charge in [0.15, 0.2) is 0 Å². The number of hydrogen-bond acceptors (Lipinski definition) is 4. The second-order valence-corrected chi connectivity index (χ2v) is 9.11. The lowest BCUT2D eigenvalue weighted by atomic mass is 9.83. The van der Waals surface area contributed by atoms with Gasteiger partial charge in [-0.1, -0.05) is 48.5 Å². The first-order valence-electron chi connectivity index (χ1n) is 10.3. The van der Waals surface area contributed by atoms with E-state index in [2.05, 4.69) is 88.2 Å². The molecule has 0 spiro atoms. The maximum Gasteiger partial charge on any atom is 0.101 e. The predicted octanol–water partition coefficient (Wildman–Crippen LogP) is 6.09. The average Bonchev–Trinajstić information content (AvgIpc) is 3.25. The summed E-state index contributed by atoms with van der Waals surface area (Å²) in [5.74, 6) is 0.387. The van der Waals surface area contributed by atoms with Crippen molar-refractivity contribution in [3.63, 3.8) is 0 Å². The van der Waals surface area contributed by atoms with E-state index >= 15 is 0 Å². The Hall–Kier alpha value is -3.08. The van der Waals surface area contributed by atoms with Crippen LogP contribution in [0.15, 0.2) is 78.3 Å². The van der Waals surface area contributed by atoms with Gasteiger partial charge in [-0.05, 0) is 52.7 Å². The third kappa shape index (κ3) is 2.92. The third-order valence-electron chi connectivity index (χ3n) is 6.18. The molecule has 0 bridgehead atoms. The zero-order valence-corrected chi connectivity index (χ0v) is 17.6. The van der Waals surface area contributed by atoms with E-state index < -0.39 is 0 Å². The van der Waals surface area contributed by atoms with Crippen LogP contribution < -0.4 is 0 Å². The summed E-state index contributed by atoms with van der Waals surface area (Å²) in [4.78, 5) is 2.42. The molecule has 3 nitrogen and oxygen atoms in total. The summed E-state index contributed by atoms with van der Waals surface area (Å²) in [5.41, 5.74) is 6.31. The highest BCUT2D eigenvalue weighted by Crippen LogP contribution is 2.37. The van der Waals surface area contributed by atoms with Crippen LogP contribution in [0.5, 0.6) is 0 Å². The molecular formula is C26H21N3S. The minimum atomic E-state index is 0.387. The van der Waals surface area contributed by atoms with E-state index in [1.54, 1.807) is 0 Å². The zero-order chi connectivity index (χ0) is 20.1. The molecule has 1 aliphatic rings. The molecular weight excluding hydrogens is 386 g/mol. The van der Waals surface area contributed by atoms with E-state index in [-0.39, 0.29) is 0 Å². The molecule has 2 aromatic heterocycles. The van der Waals surface area contributed by atoms with E-state index in [0.717, 1.165) is 35.1 Å². The normalized spacial score (nSPS) is 16.8. The molecule has 5 aromatic rings. The Bertz CT molecular complexity index is 1380. The maximum atomic E-state index is 4.49. The van der Waals surface area contributed by atoms with Crippen molar-refractivity contribution in [3.05, 3.63) is 95.0 Å². The van der Waals surface area contributed by atoms with E-state index in [1.807, 2.05) is 23.6 Å². The smallest absolute Gasteiger partial charge is 0.101 e. The summed E-state index contributed by atoms with van der Waals surface area (Å²) >= 11 is 1.82. The van der Waals surface area contributed by atoms with Crippen LogP contribution in [-0.2, 0) is 6.54 Å². The third-order valence-corrected chi connectivity index (χ3v) is 7.06. The first kappa shape index (κ1) is 17.8. The lowest BCUT2D eigenvalue weighted by molar-refractivity contribution is 0.295. The Labute approximate surface area is 179 Å². The summed E-state index contributed by atoms with van der Waals surface area (Å²) < 4.78 is 1.37. The minimum Gasteiger partial charge on any atom is -0.301 e. The van der Waals surface area contributed by atoms with E-state index in [0.29, 0.717) is 5.92 Å². The number of benzene rings is 3. The van der Waals surface area contributed by atoms with Crippen molar-refractivity contribution in [2.24, 2.45) is 0 Å². The highest BCUT2D eigenvalue weighted by atomic mass is 32.1. The molecule has 0 N–H and O–H groups in total. The highest BCUT2D eigenvalue weighted by molar-refractivity contribution is 7.17. The van der Waals surface area contributed by atoms with Crippen molar-refractivity contribution < 1.29 is 0 Å². The van der Waals surface area contributed by atoms with Crippen LogP contribution in [0, 0.1) is 0 Å². The number of hydrogen-bond donors (Lipinski definition) is 0. The van der Waals surface area contributed by atoms with Crippen LogP contribution in [0.2, 0.25) is 0 Å². The molecule has 1 aliphatic heterocycles. The van der Waals surface area contributed by atoms with E-state index in [1.165, 1.54) is 26.8 Å². The molecule has 6 rings (SSSR count). The summed E-state index contributed by atoms with van der Waals surface area (Å²) in [5, 5.41) is 14.5. The number of likely N-dealkylation sites (N-methyl/N-ethyl adjacent to an activating group) is 1. The van der Waals surface area contributed by atoms with Gasteiger partial charge in [0.05, 0.1) is 6.20 Å². The van der Waals surface area contributed by atoms with Gasteiger partial charge >= 0.3 is 0 Å². The van der Waals surface area contributed by atoms with Gasteiger partial charge in [-0.2, -0.15) is 5.10 Å². The van der Waals surface area contributed by atoms with E-state index in [9.17, 15) is 0 Å². The number of nitrogens with zero attached hydrogens (tertiary/aromatic N) is 3. The lowest BCUT2D eigenvalue weighted by Crippen LogP contribution is -2.31. The second kappa shape index (κ2) is 7.01. The van der Waals surface area contributed by atoms with Crippen molar-refractivity contribution in [1.82, 2.24) is 15.1 Å². The van der Waals surface area contributed by atoms with Gasteiger partial charge < -0.3 is 4.90 Å². The van der Waals surface area contributed by atoms with Gasteiger partial charge in [0.2, 0.25) is 0 Å². The van der Waals surface area contributed by atoms with Gasteiger partial charge in [0.25, 0.3) is 0 Å². The first-order valence-corrected chi connectivity index (χ1v) is 11.1. The molecule has 0 fully saturated rings. The molecule has 0 radical (unpaired) electrons. The Morgan fingerprint density at radius 3 is 2.87 bits per heavy atom. The van der Waals surface area contributed by atoms with Crippen LogP contribution in [0.4, 0.5) is 0 Å². The van der Waals surface area contributed by atoms with Gasteiger partial charge in [-0.25, -0.2) is 0 Å². The molecule has 146 valence electrons. The zero-order valence-electron chi connectivity index (χ0n) is 16.7. The van der Waals surface area contributed by atoms with Crippen LogP contribution in [-0.4, -0.2) is 28.7 Å². The summed E-state index contributed by atoms with van der Waals surface area (Å²) in [6.45, 7) is 2.00. The molecule has 0 aliphatic carbocycles. The van der Waals surface area contributed by atoms with Gasteiger partial charge in [-0.3, -0.25) is 0 Å². The van der Waals surface area contributed by atoms with Gasteiger partial charge in [-0.15, -0.1) is 16.4 Å². The largest absolute Gasteiger partial charge is 0.301 e. The lowest BCUT2D eigenvalue weighted by Gasteiger charge is -2.33. The van der Waals surface area contributed by atoms with Crippen molar-refractivity contribution in [1.29, 1.82) is 0 Å². The molecule has 0 saturated heterocycles. The fourth-order valence-corrected chi connectivity index (χ4v) is 5.55. The van der Waals surface area contributed by atoms with Crippen LogP contribution in [0.25, 0.3) is 32.1 Å². The number of rotatable bonds is 2. The Balaban J connectivity index is 1.47. The Kier molecular flexibility index (Phi) is 4.15. The molecule has 30 heavy (non-hydrogen) atoms. The van der Waals surface area contributed by atoms with Crippen molar-refractivity contribution in [2.45, 2.75) is 12.5 Å². The number of fused-ring (bicyclic) bond motifs is 3.